The van der Waals surface area contributed by atoms with Crippen LogP contribution in [0.1, 0.15) is 12.0 Å². The molecule has 1 unspecified atom stereocenters. The number of benzene rings is 1. The first-order chi connectivity index (χ1) is 8.69. The number of anilines is 1. The van der Waals surface area contributed by atoms with Crippen molar-refractivity contribution in [2.45, 2.75) is 19.4 Å². The largest absolute Gasteiger partial charge is 0.322 e. The van der Waals surface area contributed by atoms with Gasteiger partial charge in [0.15, 0.2) is 0 Å². The Balaban J connectivity index is 2.66. The van der Waals surface area contributed by atoms with Crippen molar-refractivity contribution >= 4 is 21.4 Å². The van der Waals surface area contributed by atoms with Gasteiger partial charge in [-0.15, -0.1) is 0 Å². The number of hydrogen-bond acceptors (Lipinski definition) is 4. The Morgan fingerprint density at radius 2 is 2.11 bits per heavy atom. The maximum atomic E-state index is 13.4. The molecular formula is C12H17FN2O3S. The van der Waals surface area contributed by atoms with E-state index in [-0.39, 0.29) is 17.9 Å². The standard InChI is InChI=1S/C12H17FN2O3S/c1-8-3-4-9(13)11(7-8)15-12(16)10(14)5-6-19(2,17)18/h3-4,7,10H,5-6,14H2,1-2H3,(H,15,16). The van der Waals surface area contributed by atoms with E-state index in [0.29, 0.717) is 0 Å². The van der Waals surface area contributed by atoms with Gasteiger partial charge in [0.2, 0.25) is 5.91 Å². The van der Waals surface area contributed by atoms with Gasteiger partial charge in [0, 0.05) is 6.26 Å². The number of carbonyl (C=O) groups is 1. The zero-order chi connectivity index (χ0) is 14.6. The van der Waals surface area contributed by atoms with Crippen LogP contribution in [0.25, 0.3) is 0 Å². The minimum Gasteiger partial charge on any atom is -0.322 e. The monoisotopic (exact) mass is 288 g/mol. The smallest absolute Gasteiger partial charge is 0.241 e. The Bertz CT molecular complexity index is 572. The highest BCUT2D eigenvalue weighted by molar-refractivity contribution is 7.90. The summed E-state index contributed by atoms with van der Waals surface area (Å²) in [4.78, 5) is 11.7. The van der Waals surface area contributed by atoms with Gasteiger partial charge in [-0.05, 0) is 31.0 Å². The van der Waals surface area contributed by atoms with E-state index < -0.39 is 27.6 Å². The molecule has 1 amide bonds. The van der Waals surface area contributed by atoms with Gasteiger partial charge in [-0.3, -0.25) is 4.79 Å². The summed E-state index contributed by atoms with van der Waals surface area (Å²) < 4.78 is 35.4. The van der Waals surface area contributed by atoms with Crippen LogP contribution in [0.4, 0.5) is 10.1 Å². The molecule has 1 atom stereocenters. The highest BCUT2D eigenvalue weighted by Crippen LogP contribution is 2.15. The van der Waals surface area contributed by atoms with Crippen molar-refractivity contribution in [3.63, 3.8) is 0 Å². The quantitative estimate of drug-likeness (QED) is 0.840. The summed E-state index contributed by atoms with van der Waals surface area (Å²) in [6.45, 7) is 1.76. The lowest BCUT2D eigenvalue weighted by molar-refractivity contribution is -0.117. The third-order valence-corrected chi connectivity index (χ3v) is 3.49. The van der Waals surface area contributed by atoms with Gasteiger partial charge < -0.3 is 11.1 Å². The third kappa shape index (κ3) is 5.35. The Morgan fingerprint density at radius 1 is 1.47 bits per heavy atom. The SMILES string of the molecule is Cc1ccc(F)c(NC(=O)C(N)CCS(C)(=O)=O)c1. The molecule has 1 aromatic carbocycles. The Morgan fingerprint density at radius 3 is 2.68 bits per heavy atom. The summed E-state index contributed by atoms with van der Waals surface area (Å²) in [7, 11) is -3.17. The Labute approximate surface area is 111 Å². The van der Waals surface area contributed by atoms with E-state index in [9.17, 15) is 17.6 Å². The third-order valence-electron chi connectivity index (χ3n) is 2.52. The fourth-order valence-electron chi connectivity index (χ4n) is 1.43. The van der Waals surface area contributed by atoms with Crippen molar-refractivity contribution in [2.24, 2.45) is 5.73 Å². The molecule has 19 heavy (non-hydrogen) atoms. The van der Waals surface area contributed by atoms with Crippen molar-refractivity contribution in [1.29, 1.82) is 0 Å². The summed E-state index contributed by atoms with van der Waals surface area (Å²) in [6, 6.07) is 3.31. The number of nitrogens with one attached hydrogen (secondary N) is 1. The number of aryl methyl sites for hydroxylation is 1. The zero-order valence-electron chi connectivity index (χ0n) is 10.8. The molecule has 5 nitrogen and oxygen atoms in total. The van der Waals surface area contributed by atoms with Crippen LogP contribution in [-0.4, -0.2) is 32.4 Å². The van der Waals surface area contributed by atoms with Crippen molar-refractivity contribution in [1.82, 2.24) is 0 Å². The Kier molecular flexibility index (Phi) is 5.02. The van der Waals surface area contributed by atoms with E-state index in [1.165, 1.54) is 12.1 Å². The molecule has 0 aliphatic carbocycles. The molecule has 0 heterocycles. The number of amides is 1. The first-order valence-electron chi connectivity index (χ1n) is 5.69. The fraction of sp³-hybridized carbons (Fsp3) is 0.417. The second-order valence-corrected chi connectivity index (χ2v) is 6.76. The highest BCUT2D eigenvalue weighted by atomic mass is 32.2. The lowest BCUT2D eigenvalue weighted by atomic mass is 10.2. The number of rotatable bonds is 5. The zero-order valence-corrected chi connectivity index (χ0v) is 11.6. The number of carbonyl (C=O) groups excluding carboxylic acids is 1. The van der Waals surface area contributed by atoms with E-state index in [0.717, 1.165) is 11.8 Å². The van der Waals surface area contributed by atoms with Crippen molar-refractivity contribution < 1.29 is 17.6 Å². The van der Waals surface area contributed by atoms with Crippen molar-refractivity contribution in [2.75, 3.05) is 17.3 Å². The van der Waals surface area contributed by atoms with Gasteiger partial charge in [-0.2, -0.15) is 0 Å². The van der Waals surface area contributed by atoms with E-state index in [1.807, 2.05) is 0 Å². The molecule has 0 bridgehead atoms. The minimum absolute atomic E-state index is 0.00188. The first-order valence-corrected chi connectivity index (χ1v) is 7.75. The van der Waals surface area contributed by atoms with E-state index in [4.69, 9.17) is 5.73 Å². The van der Waals surface area contributed by atoms with Gasteiger partial charge in [0.1, 0.15) is 15.7 Å². The molecule has 7 heteroatoms. The lowest BCUT2D eigenvalue weighted by Crippen LogP contribution is -2.37. The first kappa shape index (κ1) is 15.6. The molecule has 0 spiro atoms. The molecule has 3 N–H and O–H groups in total. The average Bonchev–Trinajstić information content (AvgIpc) is 2.29. The van der Waals surface area contributed by atoms with E-state index in [1.54, 1.807) is 13.0 Å². The average molecular weight is 288 g/mol. The molecule has 1 rings (SSSR count). The van der Waals surface area contributed by atoms with Gasteiger partial charge in [-0.1, -0.05) is 6.07 Å². The lowest BCUT2D eigenvalue weighted by Gasteiger charge is -2.12. The molecule has 106 valence electrons. The van der Waals surface area contributed by atoms with Gasteiger partial charge in [0.25, 0.3) is 0 Å². The van der Waals surface area contributed by atoms with Crippen LogP contribution < -0.4 is 11.1 Å². The second-order valence-electron chi connectivity index (χ2n) is 4.50. The summed E-state index contributed by atoms with van der Waals surface area (Å²) in [5.41, 5.74) is 6.40. The van der Waals surface area contributed by atoms with Gasteiger partial charge in [-0.25, -0.2) is 12.8 Å². The molecule has 0 aliphatic heterocycles. The van der Waals surface area contributed by atoms with Crippen LogP contribution in [0.15, 0.2) is 18.2 Å². The fourth-order valence-corrected chi connectivity index (χ4v) is 2.11. The van der Waals surface area contributed by atoms with Crippen molar-refractivity contribution in [3.05, 3.63) is 29.6 Å². The Hall–Kier alpha value is -1.47. The topological polar surface area (TPSA) is 89.3 Å². The molecule has 0 saturated heterocycles. The van der Waals surface area contributed by atoms with Gasteiger partial charge >= 0.3 is 0 Å². The maximum Gasteiger partial charge on any atom is 0.241 e. The van der Waals surface area contributed by atoms with Crippen LogP contribution in [0.5, 0.6) is 0 Å². The van der Waals surface area contributed by atoms with E-state index >= 15 is 0 Å². The molecule has 0 radical (unpaired) electrons. The van der Waals surface area contributed by atoms with Crippen LogP contribution in [0.3, 0.4) is 0 Å². The summed E-state index contributed by atoms with van der Waals surface area (Å²) >= 11 is 0. The molecule has 0 aromatic heterocycles. The summed E-state index contributed by atoms with van der Waals surface area (Å²) in [5, 5.41) is 2.35. The van der Waals surface area contributed by atoms with Crippen LogP contribution in [0.2, 0.25) is 0 Å². The van der Waals surface area contributed by atoms with E-state index in [2.05, 4.69) is 5.32 Å². The molecular weight excluding hydrogens is 271 g/mol. The van der Waals surface area contributed by atoms with Crippen LogP contribution in [-0.2, 0) is 14.6 Å². The van der Waals surface area contributed by atoms with Crippen LogP contribution in [0, 0.1) is 12.7 Å². The molecule has 0 aliphatic rings. The summed E-state index contributed by atoms with van der Waals surface area (Å²) in [5.74, 6) is -1.35. The predicted octanol–water partition coefficient (Wildman–Crippen LogP) is 0.835. The number of sulfone groups is 1. The van der Waals surface area contributed by atoms with Gasteiger partial charge in [0.05, 0.1) is 17.5 Å². The predicted molar refractivity (Wildman–Crippen MR) is 72.1 cm³/mol. The maximum absolute atomic E-state index is 13.4. The van der Waals surface area contributed by atoms with Crippen LogP contribution >= 0.6 is 0 Å². The van der Waals surface area contributed by atoms with Crippen molar-refractivity contribution in [3.8, 4) is 0 Å². The minimum atomic E-state index is -3.17. The number of halogens is 1. The second kappa shape index (κ2) is 6.12. The molecule has 1 aromatic rings. The number of hydrogen-bond donors (Lipinski definition) is 2. The highest BCUT2D eigenvalue weighted by Gasteiger charge is 2.17. The molecule has 0 fully saturated rings. The normalized spacial score (nSPS) is 13.1. The molecule has 0 saturated carbocycles. The summed E-state index contributed by atoms with van der Waals surface area (Å²) in [6.07, 6.45) is 1.07. The number of nitrogens with two attached hydrogens (primary N) is 1.